The number of nitrogens with two attached hydrogens (primary N) is 6. The second-order valence-electron chi connectivity index (χ2n) is 11.4. The lowest BCUT2D eigenvalue weighted by molar-refractivity contribution is -0.297. The first kappa shape index (κ1) is 34.7. The predicted molar refractivity (Wildman–Crippen MR) is 156 cm³/mol. The number of aliphatic hydroxyl groups excluding tert-OH is 3. The minimum absolute atomic E-state index is 0.00135. The fourth-order valence-corrected chi connectivity index (χ4v) is 5.97. The van der Waals surface area contributed by atoms with Crippen molar-refractivity contribution in [2.24, 2.45) is 50.3 Å². The Morgan fingerprint density at radius 1 is 1.23 bits per heavy atom. The summed E-state index contributed by atoms with van der Waals surface area (Å²) in [4.78, 5) is 21.0. The Hall–Kier alpha value is -2.81. The molecule has 18 N–H and O–H groups in total. The molecule has 0 spiro atoms. The molecular formula is C25H48N10O8. The van der Waals surface area contributed by atoms with Gasteiger partial charge in [-0.2, -0.15) is 0 Å². The topological polar surface area (TPSA) is 331 Å². The minimum Gasteiger partial charge on any atom is -0.491 e. The number of carbonyl (C=O) groups excluding carboxylic acids is 1. The fourth-order valence-electron chi connectivity index (χ4n) is 5.97. The van der Waals surface area contributed by atoms with Crippen molar-refractivity contribution in [2.75, 3.05) is 26.7 Å². The van der Waals surface area contributed by atoms with Crippen LogP contribution in [0.25, 0.3) is 0 Å². The summed E-state index contributed by atoms with van der Waals surface area (Å²) < 4.78 is 17.9. The van der Waals surface area contributed by atoms with E-state index in [4.69, 9.17) is 48.6 Å². The molecule has 1 saturated heterocycles. The molecule has 0 aromatic carbocycles. The number of nitrogens with zero attached hydrogens (tertiary/aromatic N) is 2. The van der Waals surface area contributed by atoms with Crippen molar-refractivity contribution < 1.29 is 39.4 Å². The third-order valence-electron chi connectivity index (χ3n) is 8.06. The van der Waals surface area contributed by atoms with Crippen molar-refractivity contribution in [2.45, 2.75) is 92.8 Å². The van der Waals surface area contributed by atoms with Gasteiger partial charge in [0.25, 0.3) is 0 Å². The molecule has 1 saturated carbocycles. The fraction of sp³-hybridized carbons (Fsp3) is 0.800. The first-order valence-electron chi connectivity index (χ1n) is 14.2. The molecule has 12 unspecified atom stereocenters. The molecule has 2 aliphatic heterocycles. The molecule has 18 nitrogen and oxygen atoms in total. The van der Waals surface area contributed by atoms with Gasteiger partial charge in [-0.3, -0.25) is 9.79 Å². The minimum atomic E-state index is -1.49. The van der Waals surface area contributed by atoms with Gasteiger partial charge in [-0.1, -0.05) is 0 Å². The Morgan fingerprint density at radius 3 is 2.53 bits per heavy atom. The number of rotatable bonds is 11. The van der Waals surface area contributed by atoms with E-state index in [0.717, 1.165) is 0 Å². The second kappa shape index (κ2) is 14.8. The second-order valence-corrected chi connectivity index (χ2v) is 11.4. The monoisotopic (exact) mass is 616 g/mol. The van der Waals surface area contributed by atoms with Crippen molar-refractivity contribution in [3.63, 3.8) is 0 Å². The summed E-state index contributed by atoms with van der Waals surface area (Å²) in [6, 6.07) is -3.19. The Bertz CT molecular complexity index is 1040. The van der Waals surface area contributed by atoms with E-state index in [0.29, 0.717) is 12.2 Å². The summed E-state index contributed by atoms with van der Waals surface area (Å²) in [5.74, 6) is -1.51. The maximum atomic E-state index is 13.0. The van der Waals surface area contributed by atoms with Crippen LogP contribution in [-0.4, -0.2) is 132 Å². The van der Waals surface area contributed by atoms with Crippen LogP contribution in [0.2, 0.25) is 0 Å². The van der Waals surface area contributed by atoms with Gasteiger partial charge in [0.2, 0.25) is 5.91 Å². The largest absolute Gasteiger partial charge is 0.491 e. The summed E-state index contributed by atoms with van der Waals surface area (Å²) in [5, 5.41) is 49.5. The number of nitrogens with one attached hydrogen (secondary N) is 2. The number of aliphatic imine (C=N–C) groups is 2. The number of amides is 1. The van der Waals surface area contributed by atoms with Crippen LogP contribution in [0.15, 0.2) is 21.8 Å². The average Bonchev–Trinajstić information content (AvgIpc) is 2.92. The van der Waals surface area contributed by atoms with Crippen LogP contribution in [-0.2, 0) is 19.0 Å². The molecule has 3 rings (SSSR count). The van der Waals surface area contributed by atoms with Gasteiger partial charge in [0.05, 0.1) is 37.4 Å². The zero-order chi connectivity index (χ0) is 32.1. The molecule has 0 aromatic rings. The van der Waals surface area contributed by atoms with Crippen LogP contribution in [0.1, 0.15) is 26.2 Å². The van der Waals surface area contributed by atoms with E-state index in [1.807, 2.05) is 0 Å². The number of likely N-dealkylation sites (N-methyl/N-ethyl adjacent to an activating group) is 1. The highest BCUT2D eigenvalue weighted by Crippen LogP contribution is 2.37. The lowest BCUT2D eigenvalue weighted by atomic mass is 9.72. The van der Waals surface area contributed by atoms with Crippen molar-refractivity contribution in [3.8, 4) is 0 Å². The maximum Gasteiger partial charge on any atom is 0.249 e. The lowest BCUT2D eigenvalue weighted by Crippen LogP contribution is -2.69. The summed E-state index contributed by atoms with van der Waals surface area (Å²) in [7, 11) is 1.56. The number of guanidine groups is 2. The van der Waals surface area contributed by atoms with E-state index in [1.54, 1.807) is 13.1 Å². The van der Waals surface area contributed by atoms with Gasteiger partial charge >= 0.3 is 0 Å². The molecule has 246 valence electrons. The Balaban J connectivity index is 1.91. The number of aliphatic hydroxyl groups is 4. The van der Waals surface area contributed by atoms with Gasteiger partial charge < -0.3 is 79.7 Å². The highest BCUT2D eigenvalue weighted by Gasteiger charge is 2.53. The lowest BCUT2D eigenvalue weighted by Gasteiger charge is -2.50. The Morgan fingerprint density at radius 2 is 1.93 bits per heavy atom. The highest BCUT2D eigenvalue weighted by atomic mass is 16.7. The first-order chi connectivity index (χ1) is 20.2. The molecule has 2 heterocycles. The molecule has 1 amide bonds. The summed E-state index contributed by atoms with van der Waals surface area (Å²) >= 11 is 0. The van der Waals surface area contributed by atoms with Gasteiger partial charge in [0.15, 0.2) is 18.2 Å². The standard InChI is InChI=1S/C25H48N10O8/c1-25(40)9-41-22(17(38)20(25)32-2)43-19-13(34-21(39)14(36)5-6-33-23(28)29)7-11(27)15(16(19)37)18-12(35-24(30)31)4-3-10(8-26)42-18/h3,11-20,22,32,36-38,40H,4-9,26-27H2,1-2H3,(H,34,39)(H4,28,29,33)(H4,30,31,35). The van der Waals surface area contributed by atoms with Gasteiger partial charge in [-0.15, -0.1) is 0 Å². The SMILES string of the molecule is CNC1C(O)C(OC2C(NC(=O)C(O)CCN=C(N)N)CC(N)C(C3OC(CN)=CCC3N=C(N)N)C2O)OCC1(C)O. The molecule has 12 atom stereocenters. The molecule has 3 aliphatic rings. The highest BCUT2D eigenvalue weighted by molar-refractivity contribution is 5.81. The van der Waals surface area contributed by atoms with Crippen LogP contribution in [0.3, 0.4) is 0 Å². The van der Waals surface area contributed by atoms with Crippen LogP contribution in [0, 0.1) is 5.92 Å². The summed E-state index contributed by atoms with van der Waals surface area (Å²) in [6.07, 6.45) is -5.55. The van der Waals surface area contributed by atoms with Gasteiger partial charge in [-0.25, -0.2) is 4.99 Å². The third kappa shape index (κ3) is 8.43. The Kier molecular flexibility index (Phi) is 11.9. The normalized spacial score (nSPS) is 38.7. The third-order valence-corrected chi connectivity index (χ3v) is 8.06. The maximum absolute atomic E-state index is 13.0. The van der Waals surface area contributed by atoms with E-state index in [2.05, 4.69) is 20.6 Å². The molecule has 0 radical (unpaired) electrons. The Labute approximate surface area is 249 Å². The number of carbonyl (C=O) groups is 1. The van der Waals surface area contributed by atoms with Crippen molar-refractivity contribution in [1.82, 2.24) is 10.6 Å². The van der Waals surface area contributed by atoms with E-state index in [1.165, 1.54) is 6.92 Å². The summed E-state index contributed by atoms with van der Waals surface area (Å²) in [5.41, 5.74) is 32.9. The molecule has 2 fully saturated rings. The van der Waals surface area contributed by atoms with Crippen molar-refractivity contribution in [1.29, 1.82) is 0 Å². The predicted octanol–water partition coefficient (Wildman–Crippen LogP) is -6.08. The zero-order valence-corrected chi connectivity index (χ0v) is 24.5. The van der Waals surface area contributed by atoms with Gasteiger partial charge in [0, 0.05) is 24.9 Å². The number of hydrogen-bond donors (Lipinski definition) is 12. The average molecular weight is 617 g/mol. The quantitative estimate of drug-likeness (QED) is 0.0759. The van der Waals surface area contributed by atoms with E-state index in [-0.39, 0.29) is 44.5 Å². The molecule has 0 aromatic heterocycles. The van der Waals surface area contributed by atoms with E-state index in [9.17, 15) is 25.2 Å². The molecular weight excluding hydrogens is 568 g/mol. The van der Waals surface area contributed by atoms with E-state index < -0.39 is 78.4 Å². The molecule has 43 heavy (non-hydrogen) atoms. The molecule has 0 bridgehead atoms. The zero-order valence-electron chi connectivity index (χ0n) is 24.5. The van der Waals surface area contributed by atoms with E-state index >= 15 is 0 Å². The van der Waals surface area contributed by atoms with Crippen LogP contribution in [0.5, 0.6) is 0 Å². The van der Waals surface area contributed by atoms with Crippen molar-refractivity contribution in [3.05, 3.63) is 11.8 Å². The van der Waals surface area contributed by atoms with Crippen LogP contribution >= 0.6 is 0 Å². The van der Waals surface area contributed by atoms with Crippen LogP contribution in [0.4, 0.5) is 0 Å². The van der Waals surface area contributed by atoms with Gasteiger partial charge in [0.1, 0.15) is 35.8 Å². The molecule has 1 aliphatic carbocycles. The summed E-state index contributed by atoms with van der Waals surface area (Å²) in [6.45, 7) is 1.39. The number of hydrogen-bond acceptors (Lipinski definition) is 13. The van der Waals surface area contributed by atoms with Gasteiger partial charge in [-0.05, 0) is 32.9 Å². The van der Waals surface area contributed by atoms with Crippen LogP contribution < -0.4 is 45.0 Å². The van der Waals surface area contributed by atoms with Crippen molar-refractivity contribution >= 4 is 17.8 Å². The first-order valence-corrected chi connectivity index (χ1v) is 14.2. The smallest absolute Gasteiger partial charge is 0.249 e. The molecule has 18 heteroatoms. The number of ether oxygens (including phenoxy) is 3.